The first-order chi connectivity index (χ1) is 8.13. The van der Waals surface area contributed by atoms with Gasteiger partial charge in [0.05, 0.1) is 6.10 Å². The second-order valence-corrected chi connectivity index (χ2v) is 4.84. The maximum atomic E-state index is 12.2. The van der Waals surface area contributed by atoms with Crippen molar-refractivity contribution in [3.63, 3.8) is 0 Å². The highest BCUT2D eigenvalue weighted by Gasteiger charge is 2.29. The Balaban J connectivity index is 3.02. The molecule has 0 bridgehead atoms. The van der Waals surface area contributed by atoms with Crippen molar-refractivity contribution in [2.45, 2.75) is 52.8 Å². The minimum Gasteiger partial charge on any atom is -0.388 e. The Bertz CT molecular complexity index is 409. The van der Waals surface area contributed by atoms with E-state index in [2.05, 4.69) is 0 Å². The van der Waals surface area contributed by atoms with Crippen molar-refractivity contribution in [3.8, 4) is 0 Å². The van der Waals surface area contributed by atoms with Crippen molar-refractivity contribution >= 4 is 0 Å². The molecule has 1 atom stereocenters. The minimum absolute atomic E-state index is 0.284. The van der Waals surface area contributed by atoms with Crippen LogP contribution in [0, 0.1) is 27.7 Å². The first-order valence-corrected chi connectivity index (χ1v) is 5.95. The second-order valence-electron chi connectivity index (χ2n) is 4.84. The molecule has 18 heavy (non-hydrogen) atoms. The lowest BCUT2D eigenvalue weighted by Gasteiger charge is -2.20. The molecule has 102 valence electrons. The Morgan fingerprint density at radius 1 is 1.06 bits per heavy atom. The molecule has 0 spiro atoms. The molecule has 0 aromatic heterocycles. The van der Waals surface area contributed by atoms with Crippen LogP contribution in [0.25, 0.3) is 0 Å². The van der Waals surface area contributed by atoms with Crippen LogP contribution in [0.3, 0.4) is 0 Å². The summed E-state index contributed by atoms with van der Waals surface area (Å²) in [5.74, 6) is 0. The molecule has 1 unspecified atom stereocenters. The second kappa shape index (κ2) is 5.31. The van der Waals surface area contributed by atoms with E-state index in [1.807, 2.05) is 33.8 Å². The third kappa shape index (κ3) is 3.48. The maximum absolute atomic E-state index is 12.2. The number of aliphatic hydroxyl groups is 1. The lowest BCUT2D eigenvalue weighted by atomic mass is 9.89. The van der Waals surface area contributed by atoms with Crippen LogP contribution in [0.1, 0.15) is 46.8 Å². The van der Waals surface area contributed by atoms with E-state index in [4.69, 9.17) is 0 Å². The number of aliphatic hydroxyl groups excluding tert-OH is 1. The smallest absolute Gasteiger partial charge is 0.388 e. The van der Waals surface area contributed by atoms with E-state index < -0.39 is 18.7 Å². The van der Waals surface area contributed by atoms with Crippen molar-refractivity contribution < 1.29 is 18.3 Å². The van der Waals surface area contributed by atoms with Crippen LogP contribution in [-0.2, 0) is 0 Å². The van der Waals surface area contributed by atoms with Gasteiger partial charge >= 0.3 is 6.18 Å². The molecule has 1 N–H and O–H groups in total. The van der Waals surface area contributed by atoms with Gasteiger partial charge in [0.15, 0.2) is 0 Å². The summed E-state index contributed by atoms with van der Waals surface area (Å²) in [6.45, 7) is 7.49. The number of rotatable bonds is 3. The molecule has 1 aromatic rings. The predicted molar refractivity (Wildman–Crippen MR) is 65.6 cm³/mol. The number of hydrogen-bond acceptors (Lipinski definition) is 1. The molecule has 0 aliphatic rings. The van der Waals surface area contributed by atoms with Gasteiger partial charge in [-0.3, -0.25) is 0 Å². The van der Waals surface area contributed by atoms with Gasteiger partial charge in [-0.2, -0.15) is 13.2 Å². The molecule has 0 fully saturated rings. The van der Waals surface area contributed by atoms with Gasteiger partial charge in [-0.15, -0.1) is 0 Å². The number of halogens is 3. The molecule has 1 aromatic carbocycles. The topological polar surface area (TPSA) is 20.2 Å². The van der Waals surface area contributed by atoms with Gasteiger partial charge in [0.25, 0.3) is 0 Å². The zero-order valence-electron chi connectivity index (χ0n) is 11.2. The molecule has 0 aliphatic carbocycles. The number of aryl methyl sites for hydroxylation is 2. The highest BCUT2D eigenvalue weighted by molar-refractivity contribution is 5.45. The van der Waals surface area contributed by atoms with Crippen LogP contribution in [-0.4, -0.2) is 11.3 Å². The zero-order valence-corrected chi connectivity index (χ0v) is 11.2. The van der Waals surface area contributed by atoms with Crippen molar-refractivity contribution in [2.24, 2.45) is 0 Å². The first-order valence-electron chi connectivity index (χ1n) is 5.95. The highest BCUT2D eigenvalue weighted by Crippen LogP contribution is 2.32. The van der Waals surface area contributed by atoms with Gasteiger partial charge in [-0.05, 0) is 61.9 Å². The van der Waals surface area contributed by atoms with Gasteiger partial charge in [0, 0.05) is 6.42 Å². The zero-order chi connectivity index (χ0) is 14.1. The van der Waals surface area contributed by atoms with Gasteiger partial charge < -0.3 is 5.11 Å². The van der Waals surface area contributed by atoms with E-state index in [1.165, 1.54) is 0 Å². The molecule has 0 amide bonds. The van der Waals surface area contributed by atoms with Crippen LogP contribution in [0.2, 0.25) is 0 Å². The largest absolute Gasteiger partial charge is 0.389 e. The summed E-state index contributed by atoms with van der Waals surface area (Å²) in [7, 11) is 0. The lowest BCUT2D eigenvalue weighted by Crippen LogP contribution is -2.12. The summed E-state index contributed by atoms with van der Waals surface area (Å²) in [4.78, 5) is 0. The van der Waals surface area contributed by atoms with Crippen LogP contribution in [0.4, 0.5) is 13.2 Å². The van der Waals surface area contributed by atoms with Crippen LogP contribution in [0.15, 0.2) is 6.07 Å². The Morgan fingerprint density at radius 3 is 1.89 bits per heavy atom. The molecule has 0 aliphatic heterocycles. The lowest BCUT2D eigenvalue weighted by molar-refractivity contribution is -0.140. The van der Waals surface area contributed by atoms with Gasteiger partial charge in [-0.25, -0.2) is 0 Å². The van der Waals surface area contributed by atoms with E-state index >= 15 is 0 Å². The summed E-state index contributed by atoms with van der Waals surface area (Å²) in [5.41, 5.74) is 4.41. The van der Waals surface area contributed by atoms with Gasteiger partial charge in [-0.1, -0.05) is 6.07 Å². The van der Waals surface area contributed by atoms with E-state index in [1.54, 1.807) is 0 Å². The molecule has 1 rings (SSSR count). The van der Waals surface area contributed by atoms with Crippen LogP contribution in [0.5, 0.6) is 0 Å². The van der Waals surface area contributed by atoms with E-state index in [0.29, 0.717) is 5.56 Å². The fourth-order valence-corrected chi connectivity index (χ4v) is 2.19. The standard InChI is InChI=1S/C14H19F3O/c1-8-7-9(2)11(4)13(10(8)3)12(18)5-6-14(15,16)17/h7,12,18H,5-6H2,1-4H3. The Morgan fingerprint density at radius 2 is 1.50 bits per heavy atom. The summed E-state index contributed by atoms with van der Waals surface area (Å²) < 4.78 is 36.5. The molecule has 0 heterocycles. The average molecular weight is 260 g/mol. The van der Waals surface area contributed by atoms with Gasteiger partial charge in [0.2, 0.25) is 0 Å². The first kappa shape index (κ1) is 15.0. The quantitative estimate of drug-likeness (QED) is 0.859. The Labute approximate surface area is 106 Å². The average Bonchev–Trinajstić information content (AvgIpc) is 2.23. The molecule has 4 heteroatoms. The molecular formula is C14H19F3O. The summed E-state index contributed by atoms with van der Waals surface area (Å²) in [5, 5.41) is 9.99. The predicted octanol–water partition coefficient (Wildman–Crippen LogP) is 4.30. The molecule has 1 nitrogen and oxygen atoms in total. The number of benzene rings is 1. The van der Waals surface area contributed by atoms with Crippen LogP contribution < -0.4 is 0 Å². The monoisotopic (exact) mass is 260 g/mol. The van der Waals surface area contributed by atoms with Crippen molar-refractivity contribution in [1.82, 2.24) is 0 Å². The van der Waals surface area contributed by atoms with E-state index in [0.717, 1.165) is 22.3 Å². The SMILES string of the molecule is Cc1cc(C)c(C)c(C(O)CCC(F)(F)F)c1C. The maximum Gasteiger partial charge on any atom is 0.389 e. The summed E-state index contributed by atoms with van der Waals surface area (Å²) in [6, 6.07) is 1.99. The summed E-state index contributed by atoms with van der Waals surface area (Å²) in [6.07, 6.45) is -6.51. The Hall–Kier alpha value is -1.03. The van der Waals surface area contributed by atoms with E-state index in [9.17, 15) is 18.3 Å². The van der Waals surface area contributed by atoms with Crippen LogP contribution >= 0.6 is 0 Å². The third-order valence-electron chi connectivity index (χ3n) is 3.46. The fraction of sp³-hybridized carbons (Fsp3) is 0.571. The normalized spacial score (nSPS) is 13.8. The molecular weight excluding hydrogens is 241 g/mol. The molecule has 0 radical (unpaired) electrons. The van der Waals surface area contributed by atoms with Crippen molar-refractivity contribution in [1.29, 1.82) is 0 Å². The van der Waals surface area contributed by atoms with Crippen molar-refractivity contribution in [3.05, 3.63) is 33.9 Å². The number of alkyl halides is 3. The minimum atomic E-state index is -4.22. The molecule has 0 saturated heterocycles. The highest BCUT2D eigenvalue weighted by atomic mass is 19.4. The number of hydrogen-bond donors (Lipinski definition) is 1. The van der Waals surface area contributed by atoms with Crippen molar-refractivity contribution in [2.75, 3.05) is 0 Å². The Kier molecular flexibility index (Phi) is 4.43. The third-order valence-corrected chi connectivity index (χ3v) is 3.46. The fourth-order valence-electron chi connectivity index (χ4n) is 2.19. The molecule has 0 saturated carbocycles. The van der Waals surface area contributed by atoms with Gasteiger partial charge in [0.1, 0.15) is 0 Å². The van der Waals surface area contributed by atoms with E-state index in [-0.39, 0.29) is 6.42 Å². The summed E-state index contributed by atoms with van der Waals surface area (Å²) >= 11 is 0.